The minimum absolute atomic E-state index is 0.154. The van der Waals surface area contributed by atoms with Crippen molar-refractivity contribution in [2.24, 2.45) is 0 Å². The summed E-state index contributed by atoms with van der Waals surface area (Å²) >= 11 is 1.59. The number of aliphatic carboxylic acids is 1. The second kappa shape index (κ2) is 6.52. The molecule has 0 bridgehead atoms. The average Bonchev–Trinajstić information content (AvgIpc) is 2.76. The van der Waals surface area contributed by atoms with Gasteiger partial charge in [0.25, 0.3) is 0 Å². The van der Waals surface area contributed by atoms with Crippen LogP contribution in [0.25, 0.3) is 0 Å². The van der Waals surface area contributed by atoms with E-state index in [1.807, 2.05) is 31.2 Å². The van der Waals surface area contributed by atoms with Crippen LogP contribution in [0.15, 0.2) is 24.3 Å². The fourth-order valence-electron chi connectivity index (χ4n) is 1.97. The molecule has 4 nitrogen and oxygen atoms in total. The number of aryl methyl sites for hydroxylation is 2. The molecule has 20 heavy (non-hydrogen) atoms. The SMILES string of the molecule is COc1cccc(Cc2nc(C)c(CCC(=O)O)s2)c1. The van der Waals surface area contributed by atoms with Crippen LogP contribution < -0.4 is 4.74 Å². The molecule has 0 atom stereocenters. The first-order valence-electron chi connectivity index (χ1n) is 6.38. The summed E-state index contributed by atoms with van der Waals surface area (Å²) in [6, 6.07) is 7.90. The summed E-state index contributed by atoms with van der Waals surface area (Å²) in [4.78, 5) is 16.2. The van der Waals surface area contributed by atoms with Crippen LogP contribution in [0.2, 0.25) is 0 Å². The summed E-state index contributed by atoms with van der Waals surface area (Å²) in [6.07, 6.45) is 1.45. The third-order valence-electron chi connectivity index (χ3n) is 2.99. The number of carboxylic acids is 1. The summed E-state index contributed by atoms with van der Waals surface area (Å²) in [5.41, 5.74) is 2.08. The van der Waals surface area contributed by atoms with Crippen LogP contribution in [0.5, 0.6) is 5.75 Å². The van der Waals surface area contributed by atoms with E-state index in [9.17, 15) is 4.79 Å². The van der Waals surface area contributed by atoms with Crippen molar-refractivity contribution in [3.63, 3.8) is 0 Å². The van der Waals surface area contributed by atoms with Gasteiger partial charge in [0, 0.05) is 11.3 Å². The zero-order chi connectivity index (χ0) is 14.5. The molecule has 0 saturated carbocycles. The monoisotopic (exact) mass is 291 g/mol. The molecule has 1 aromatic heterocycles. The standard InChI is InChI=1S/C15H17NO3S/c1-10-13(6-7-15(17)18)20-14(16-10)9-11-4-3-5-12(8-11)19-2/h3-5,8H,6-7,9H2,1-2H3,(H,17,18). The number of rotatable bonds is 6. The molecule has 5 heteroatoms. The van der Waals surface area contributed by atoms with Crippen molar-refractivity contribution in [3.8, 4) is 5.75 Å². The Hall–Kier alpha value is -1.88. The van der Waals surface area contributed by atoms with Crippen molar-refractivity contribution in [2.45, 2.75) is 26.2 Å². The van der Waals surface area contributed by atoms with Crippen LogP contribution >= 0.6 is 11.3 Å². The van der Waals surface area contributed by atoms with Crippen LogP contribution in [0.4, 0.5) is 0 Å². The van der Waals surface area contributed by atoms with Gasteiger partial charge in [-0.15, -0.1) is 11.3 Å². The minimum Gasteiger partial charge on any atom is -0.497 e. The van der Waals surface area contributed by atoms with Crippen molar-refractivity contribution in [2.75, 3.05) is 7.11 Å². The van der Waals surface area contributed by atoms with Crippen LogP contribution in [0.1, 0.15) is 27.6 Å². The summed E-state index contributed by atoms with van der Waals surface area (Å²) in [6.45, 7) is 1.93. The fraction of sp³-hybridized carbons (Fsp3) is 0.333. The molecule has 106 valence electrons. The molecule has 1 N–H and O–H groups in total. The molecule has 0 aliphatic heterocycles. The fourth-order valence-corrected chi connectivity index (χ4v) is 3.08. The predicted molar refractivity (Wildman–Crippen MR) is 78.6 cm³/mol. The second-order valence-corrected chi connectivity index (χ2v) is 5.71. The van der Waals surface area contributed by atoms with Crippen LogP contribution in [0, 0.1) is 6.92 Å². The second-order valence-electron chi connectivity index (χ2n) is 4.54. The first kappa shape index (κ1) is 14.5. The Kier molecular flexibility index (Phi) is 4.74. The Balaban J connectivity index is 2.09. The number of thiazole rings is 1. The zero-order valence-corrected chi connectivity index (χ0v) is 12.4. The molecule has 0 spiro atoms. The number of hydrogen-bond donors (Lipinski definition) is 1. The van der Waals surface area contributed by atoms with E-state index in [1.165, 1.54) is 0 Å². The third kappa shape index (κ3) is 3.81. The minimum atomic E-state index is -0.771. The average molecular weight is 291 g/mol. The van der Waals surface area contributed by atoms with E-state index < -0.39 is 5.97 Å². The lowest BCUT2D eigenvalue weighted by molar-refractivity contribution is -0.136. The van der Waals surface area contributed by atoms with Crippen LogP contribution in [-0.4, -0.2) is 23.2 Å². The van der Waals surface area contributed by atoms with Gasteiger partial charge in [-0.2, -0.15) is 0 Å². The van der Waals surface area contributed by atoms with Gasteiger partial charge in [0.2, 0.25) is 0 Å². The highest BCUT2D eigenvalue weighted by molar-refractivity contribution is 7.11. The van der Waals surface area contributed by atoms with E-state index >= 15 is 0 Å². The molecule has 0 radical (unpaired) electrons. The molecular formula is C15H17NO3S. The van der Waals surface area contributed by atoms with Crippen LogP contribution in [-0.2, 0) is 17.6 Å². The molecule has 2 rings (SSSR count). The van der Waals surface area contributed by atoms with Gasteiger partial charge < -0.3 is 9.84 Å². The van der Waals surface area contributed by atoms with E-state index in [0.29, 0.717) is 6.42 Å². The topological polar surface area (TPSA) is 59.4 Å². The number of ether oxygens (including phenoxy) is 1. The molecular weight excluding hydrogens is 274 g/mol. The van der Waals surface area contributed by atoms with Gasteiger partial charge in [-0.3, -0.25) is 4.79 Å². The van der Waals surface area contributed by atoms with Gasteiger partial charge in [-0.05, 0) is 31.0 Å². The zero-order valence-electron chi connectivity index (χ0n) is 11.5. The molecule has 0 saturated heterocycles. The van der Waals surface area contributed by atoms with Crippen molar-refractivity contribution in [1.82, 2.24) is 4.98 Å². The Labute approximate surface area is 122 Å². The van der Waals surface area contributed by atoms with E-state index in [4.69, 9.17) is 9.84 Å². The van der Waals surface area contributed by atoms with Gasteiger partial charge in [0.1, 0.15) is 5.75 Å². The summed E-state index contributed by atoms with van der Waals surface area (Å²) in [7, 11) is 1.65. The van der Waals surface area contributed by atoms with Gasteiger partial charge in [0.05, 0.1) is 24.2 Å². The lowest BCUT2D eigenvalue weighted by Crippen LogP contribution is -1.96. The lowest BCUT2D eigenvalue weighted by Gasteiger charge is -2.02. The van der Waals surface area contributed by atoms with Gasteiger partial charge >= 0.3 is 5.97 Å². The first-order valence-corrected chi connectivity index (χ1v) is 7.20. The number of aromatic nitrogens is 1. The highest BCUT2D eigenvalue weighted by atomic mass is 32.1. The smallest absolute Gasteiger partial charge is 0.303 e. The molecule has 0 fully saturated rings. The number of benzene rings is 1. The maximum absolute atomic E-state index is 10.6. The highest BCUT2D eigenvalue weighted by Gasteiger charge is 2.10. The Bertz CT molecular complexity index is 607. The molecule has 0 aliphatic rings. The number of methoxy groups -OCH3 is 1. The van der Waals surface area contributed by atoms with Crippen molar-refractivity contribution in [3.05, 3.63) is 45.4 Å². The number of hydrogen-bond acceptors (Lipinski definition) is 4. The Morgan fingerprint density at radius 3 is 2.95 bits per heavy atom. The Morgan fingerprint density at radius 2 is 2.25 bits per heavy atom. The number of carboxylic acid groups (broad SMARTS) is 1. The van der Waals surface area contributed by atoms with E-state index in [2.05, 4.69) is 4.98 Å². The predicted octanol–water partition coefficient (Wildman–Crippen LogP) is 3.07. The lowest BCUT2D eigenvalue weighted by atomic mass is 10.1. The summed E-state index contributed by atoms with van der Waals surface area (Å²) < 4.78 is 5.20. The maximum Gasteiger partial charge on any atom is 0.303 e. The van der Waals surface area contributed by atoms with Crippen molar-refractivity contribution >= 4 is 17.3 Å². The van der Waals surface area contributed by atoms with E-state index in [1.54, 1.807) is 18.4 Å². The largest absolute Gasteiger partial charge is 0.497 e. The summed E-state index contributed by atoms with van der Waals surface area (Å²) in [5, 5.41) is 9.75. The highest BCUT2D eigenvalue weighted by Crippen LogP contribution is 2.23. The third-order valence-corrected chi connectivity index (χ3v) is 4.21. The number of nitrogens with zero attached hydrogens (tertiary/aromatic N) is 1. The quantitative estimate of drug-likeness (QED) is 0.888. The van der Waals surface area contributed by atoms with E-state index in [0.717, 1.165) is 33.3 Å². The van der Waals surface area contributed by atoms with Crippen molar-refractivity contribution in [1.29, 1.82) is 0 Å². The maximum atomic E-state index is 10.6. The molecule has 1 aromatic carbocycles. The Morgan fingerprint density at radius 1 is 1.45 bits per heavy atom. The van der Waals surface area contributed by atoms with Gasteiger partial charge in [0.15, 0.2) is 0 Å². The van der Waals surface area contributed by atoms with Crippen molar-refractivity contribution < 1.29 is 14.6 Å². The molecule has 0 unspecified atom stereocenters. The molecule has 0 amide bonds. The van der Waals surface area contributed by atoms with E-state index in [-0.39, 0.29) is 6.42 Å². The van der Waals surface area contributed by atoms with Crippen LogP contribution in [0.3, 0.4) is 0 Å². The molecule has 2 aromatic rings. The molecule has 0 aliphatic carbocycles. The number of carbonyl (C=O) groups is 1. The van der Waals surface area contributed by atoms with Gasteiger partial charge in [-0.1, -0.05) is 12.1 Å². The summed E-state index contributed by atoms with van der Waals surface area (Å²) in [5.74, 6) is 0.0639. The normalized spacial score (nSPS) is 10.5. The first-order chi connectivity index (χ1) is 9.58. The molecule has 1 heterocycles. The van der Waals surface area contributed by atoms with Gasteiger partial charge in [-0.25, -0.2) is 4.98 Å².